The first kappa shape index (κ1) is 14.7. The van der Waals surface area contributed by atoms with Gasteiger partial charge in [-0.15, -0.1) is 11.3 Å². The van der Waals surface area contributed by atoms with Crippen molar-refractivity contribution in [2.75, 3.05) is 32.8 Å². The molecule has 3 heterocycles. The van der Waals surface area contributed by atoms with Crippen LogP contribution in [0.2, 0.25) is 0 Å². The minimum absolute atomic E-state index is 0.197. The highest BCUT2D eigenvalue weighted by Gasteiger charge is 2.37. The summed E-state index contributed by atoms with van der Waals surface area (Å²) in [5.74, 6) is 1.12. The largest absolute Gasteiger partial charge is 0.375 e. The molecule has 0 aromatic carbocycles. The van der Waals surface area contributed by atoms with Crippen LogP contribution in [0.5, 0.6) is 0 Å². The summed E-state index contributed by atoms with van der Waals surface area (Å²) < 4.78 is 6.04. The van der Waals surface area contributed by atoms with E-state index in [1.165, 1.54) is 19.4 Å². The maximum atomic E-state index is 12.6. The van der Waals surface area contributed by atoms with E-state index in [-0.39, 0.29) is 5.91 Å². The van der Waals surface area contributed by atoms with Gasteiger partial charge < -0.3 is 9.64 Å². The number of nitrogens with zero attached hydrogens (tertiary/aromatic N) is 2. The lowest BCUT2D eigenvalue weighted by Crippen LogP contribution is -2.51. The fourth-order valence-electron chi connectivity index (χ4n) is 3.78. The van der Waals surface area contributed by atoms with Crippen molar-refractivity contribution in [1.82, 2.24) is 9.80 Å². The number of carbonyl (C=O) groups is 1. The van der Waals surface area contributed by atoms with Crippen LogP contribution in [-0.4, -0.2) is 60.6 Å². The van der Waals surface area contributed by atoms with Crippen LogP contribution in [0.25, 0.3) is 0 Å². The first-order chi connectivity index (χ1) is 10.8. The highest BCUT2D eigenvalue weighted by Crippen LogP contribution is 2.33. The first-order valence-corrected chi connectivity index (χ1v) is 9.37. The fraction of sp³-hybridized carbons (Fsp3) is 0.706. The minimum Gasteiger partial charge on any atom is -0.375 e. The number of fused-ring (bicyclic) bond motifs is 1. The van der Waals surface area contributed by atoms with Crippen molar-refractivity contribution < 1.29 is 9.53 Å². The van der Waals surface area contributed by atoms with Gasteiger partial charge in [-0.3, -0.25) is 9.69 Å². The van der Waals surface area contributed by atoms with E-state index in [2.05, 4.69) is 4.90 Å². The van der Waals surface area contributed by atoms with Crippen molar-refractivity contribution >= 4 is 17.2 Å². The van der Waals surface area contributed by atoms with E-state index >= 15 is 0 Å². The van der Waals surface area contributed by atoms with Gasteiger partial charge in [0.05, 0.1) is 17.6 Å². The molecule has 120 valence electrons. The van der Waals surface area contributed by atoms with Crippen molar-refractivity contribution in [3.8, 4) is 0 Å². The Morgan fingerprint density at radius 3 is 2.86 bits per heavy atom. The fourth-order valence-corrected chi connectivity index (χ4v) is 4.47. The molecule has 2 saturated heterocycles. The van der Waals surface area contributed by atoms with Crippen LogP contribution in [0.3, 0.4) is 0 Å². The molecular formula is C17H24N2O2S. The number of amides is 1. The monoisotopic (exact) mass is 320 g/mol. The lowest BCUT2D eigenvalue weighted by atomic mass is 10.0. The van der Waals surface area contributed by atoms with Gasteiger partial charge in [0.25, 0.3) is 5.91 Å². The molecule has 3 aliphatic rings. The number of carbonyl (C=O) groups excluding carboxylic acids is 1. The molecule has 1 saturated carbocycles. The summed E-state index contributed by atoms with van der Waals surface area (Å²) in [5.41, 5.74) is 0. The molecule has 1 aromatic heterocycles. The number of thiophene rings is 1. The van der Waals surface area contributed by atoms with E-state index in [1.54, 1.807) is 11.3 Å². The average molecular weight is 320 g/mol. The quantitative estimate of drug-likeness (QED) is 0.858. The number of hydrogen-bond acceptors (Lipinski definition) is 4. The third-order valence-corrected chi connectivity index (χ3v) is 6.05. The summed E-state index contributed by atoms with van der Waals surface area (Å²) in [7, 11) is 0. The molecule has 4 nitrogen and oxygen atoms in total. The van der Waals surface area contributed by atoms with Crippen molar-refractivity contribution in [3.63, 3.8) is 0 Å². The maximum absolute atomic E-state index is 12.6. The smallest absolute Gasteiger partial charge is 0.263 e. The van der Waals surface area contributed by atoms with Crippen LogP contribution in [0.15, 0.2) is 17.5 Å². The summed E-state index contributed by atoms with van der Waals surface area (Å²) in [5, 5.41) is 1.98. The summed E-state index contributed by atoms with van der Waals surface area (Å²) >= 11 is 1.54. The van der Waals surface area contributed by atoms with Crippen LogP contribution in [0.4, 0.5) is 0 Å². The molecule has 4 rings (SSSR count). The summed E-state index contributed by atoms with van der Waals surface area (Å²) in [6.07, 6.45) is 5.14. The Kier molecular flexibility index (Phi) is 4.20. The number of hydrogen-bond donors (Lipinski definition) is 0. The zero-order chi connectivity index (χ0) is 14.9. The first-order valence-electron chi connectivity index (χ1n) is 8.49. The van der Waals surface area contributed by atoms with E-state index in [4.69, 9.17) is 4.74 Å². The van der Waals surface area contributed by atoms with Gasteiger partial charge in [-0.05, 0) is 43.0 Å². The standard InChI is InChI=1S/C17H24N2O2S/c20-17(16-2-1-11-22-16)18-7-5-14-15(6-8-18)21-10-9-19(14)12-13-3-4-13/h1-2,11,13-15H,3-10,12H2. The zero-order valence-electron chi connectivity index (χ0n) is 12.9. The molecule has 0 radical (unpaired) electrons. The number of ether oxygens (including phenoxy) is 1. The normalized spacial score (nSPS) is 29.9. The number of morpholine rings is 1. The Balaban J connectivity index is 1.43. The van der Waals surface area contributed by atoms with Crippen LogP contribution >= 0.6 is 11.3 Å². The maximum Gasteiger partial charge on any atom is 0.263 e. The third-order valence-electron chi connectivity index (χ3n) is 5.20. The van der Waals surface area contributed by atoms with E-state index in [0.717, 1.165) is 49.9 Å². The van der Waals surface area contributed by atoms with Crippen LogP contribution in [-0.2, 0) is 4.74 Å². The number of rotatable bonds is 3. The molecule has 0 bridgehead atoms. The molecule has 0 spiro atoms. The van der Waals surface area contributed by atoms with Gasteiger partial charge in [0, 0.05) is 32.2 Å². The lowest BCUT2D eigenvalue weighted by molar-refractivity contribution is -0.0727. The van der Waals surface area contributed by atoms with Crippen molar-refractivity contribution in [2.24, 2.45) is 5.92 Å². The van der Waals surface area contributed by atoms with Gasteiger partial charge in [-0.2, -0.15) is 0 Å². The molecular weight excluding hydrogens is 296 g/mol. The molecule has 1 aromatic rings. The van der Waals surface area contributed by atoms with Gasteiger partial charge in [0.2, 0.25) is 0 Å². The molecule has 0 N–H and O–H groups in total. The predicted molar refractivity (Wildman–Crippen MR) is 87.3 cm³/mol. The third kappa shape index (κ3) is 3.07. The summed E-state index contributed by atoms with van der Waals surface area (Å²) in [6.45, 7) is 4.85. The second-order valence-corrected chi connectivity index (χ2v) is 7.71. The highest BCUT2D eigenvalue weighted by molar-refractivity contribution is 7.12. The van der Waals surface area contributed by atoms with Gasteiger partial charge in [-0.25, -0.2) is 0 Å². The van der Waals surface area contributed by atoms with Gasteiger partial charge >= 0.3 is 0 Å². The molecule has 1 amide bonds. The highest BCUT2D eigenvalue weighted by atomic mass is 32.1. The second kappa shape index (κ2) is 6.30. The minimum atomic E-state index is 0.197. The van der Waals surface area contributed by atoms with Crippen LogP contribution in [0.1, 0.15) is 35.4 Å². The van der Waals surface area contributed by atoms with Crippen LogP contribution in [0, 0.1) is 5.92 Å². The molecule has 22 heavy (non-hydrogen) atoms. The van der Waals surface area contributed by atoms with Crippen molar-refractivity contribution in [2.45, 2.75) is 37.8 Å². The van der Waals surface area contributed by atoms with Gasteiger partial charge in [0.15, 0.2) is 0 Å². The SMILES string of the molecule is O=C(c1cccs1)N1CCC2OCCN(CC3CC3)C2CC1. The Hall–Kier alpha value is -0.910. The van der Waals surface area contributed by atoms with E-state index in [0.29, 0.717) is 12.1 Å². The lowest BCUT2D eigenvalue weighted by Gasteiger charge is -2.40. The molecule has 1 aliphatic carbocycles. The van der Waals surface area contributed by atoms with Gasteiger partial charge in [-0.1, -0.05) is 6.07 Å². The average Bonchev–Trinajstić information content (AvgIpc) is 3.23. The molecule has 3 fully saturated rings. The number of likely N-dealkylation sites (tertiary alicyclic amines) is 1. The van der Waals surface area contributed by atoms with Crippen molar-refractivity contribution in [1.29, 1.82) is 0 Å². The van der Waals surface area contributed by atoms with E-state index in [9.17, 15) is 4.79 Å². The second-order valence-electron chi connectivity index (χ2n) is 6.76. The predicted octanol–water partition coefficient (Wildman–Crippen LogP) is 2.46. The topological polar surface area (TPSA) is 32.8 Å². The zero-order valence-corrected chi connectivity index (χ0v) is 13.8. The molecule has 2 unspecified atom stereocenters. The Labute approximate surface area is 136 Å². The van der Waals surface area contributed by atoms with E-state index < -0.39 is 0 Å². The Morgan fingerprint density at radius 2 is 2.09 bits per heavy atom. The van der Waals surface area contributed by atoms with Crippen LogP contribution < -0.4 is 0 Å². The Morgan fingerprint density at radius 1 is 1.23 bits per heavy atom. The molecule has 2 atom stereocenters. The van der Waals surface area contributed by atoms with Gasteiger partial charge in [0.1, 0.15) is 0 Å². The Bertz CT molecular complexity index is 515. The molecule has 2 aliphatic heterocycles. The van der Waals surface area contributed by atoms with E-state index in [1.807, 2.05) is 22.4 Å². The molecule has 5 heteroatoms. The summed E-state index contributed by atoms with van der Waals surface area (Å²) in [4.78, 5) is 18.1. The van der Waals surface area contributed by atoms with Crippen molar-refractivity contribution in [3.05, 3.63) is 22.4 Å². The summed E-state index contributed by atoms with van der Waals surface area (Å²) in [6, 6.07) is 4.40.